The lowest BCUT2D eigenvalue weighted by Crippen LogP contribution is -2.09. The summed E-state index contributed by atoms with van der Waals surface area (Å²) >= 11 is 0. The maximum Gasteiger partial charge on any atom is 0.0823 e. The molecule has 1 aliphatic rings. The van der Waals surface area contributed by atoms with Crippen molar-refractivity contribution in [3.63, 3.8) is 0 Å². The van der Waals surface area contributed by atoms with Crippen LogP contribution in [0.5, 0.6) is 0 Å². The number of aliphatic hydroxyl groups is 1. The Kier molecular flexibility index (Phi) is 2.83. The van der Waals surface area contributed by atoms with Crippen LogP contribution in [0.4, 0.5) is 0 Å². The molecular weight excluding hydrogens is 196 g/mol. The van der Waals surface area contributed by atoms with Gasteiger partial charge in [0.1, 0.15) is 0 Å². The van der Waals surface area contributed by atoms with E-state index in [4.69, 9.17) is 0 Å². The normalized spacial score (nSPS) is 17.6. The highest BCUT2D eigenvalue weighted by atomic mass is 16.3. The van der Waals surface area contributed by atoms with Gasteiger partial charge in [0, 0.05) is 0 Å². The highest BCUT2D eigenvalue weighted by Crippen LogP contribution is 2.44. The quantitative estimate of drug-likeness (QED) is 0.803. The van der Waals surface area contributed by atoms with E-state index in [1.54, 1.807) is 0 Å². The van der Waals surface area contributed by atoms with E-state index in [9.17, 15) is 5.11 Å². The van der Waals surface area contributed by atoms with Crippen LogP contribution in [-0.2, 0) is 0 Å². The highest BCUT2D eigenvalue weighted by Gasteiger charge is 2.33. The van der Waals surface area contributed by atoms with Gasteiger partial charge in [0.25, 0.3) is 0 Å². The fraction of sp³-hybridized carbons (Fsp3) is 0.600. The molecule has 0 amide bonds. The van der Waals surface area contributed by atoms with Crippen LogP contribution < -0.4 is 0 Å². The molecule has 0 radical (unpaired) electrons. The molecule has 1 atom stereocenters. The van der Waals surface area contributed by atoms with E-state index in [1.165, 1.54) is 46.2 Å². The van der Waals surface area contributed by atoms with Crippen molar-refractivity contribution in [2.45, 2.75) is 53.6 Å². The van der Waals surface area contributed by atoms with Gasteiger partial charge in [-0.25, -0.2) is 0 Å². The fourth-order valence-electron chi connectivity index (χ4n) is 2.62. The first-order valence-corrected chi connectivity index (χ1v) is 6.20. The predicted octanol–water partition coefficient (Wildman–Crippen LogP) is 3.67. The van der Waals surface area contributed by atoms with Crippen molar-refractivity contribution >= 4 is 0 Å². The SMILES string of the molecule is Cc1c(C)c(C)c(C(O)C2CC2)c(C)c1C. The molecule has 1 aromatic rings. The summed E-state index contributed by atoms with van der Waals surface area (Å²) in [5, 5.41) is 10.4. The Morgan fingerprint density at radius 3 is 1.56 bits per heavy atom. The van der Waals surface area contributed by atoms with Gasteiger partial charge in [-0.05, 0) is 86.8 Å². The van der Waals surface area contributed by atoms with E-state index in [0.717, 1.165) is 0 Å². The third-order valence-electron chi connectivity index (χ3n) is 4.42. The second-order valence-electron chi connectivity index (χ2n) is 5.32. The van der Waals surface area contributed by atoms with Crippen molar-refractivity contribution in [3.8, 4) is 0 Å². The molecule has 1 nitrogen and oxygen atoms in total. The van der Waals surface area contributed by atoms with Crippen molar-refractivity contribution in [1.29, 1.82) is 0 Å². The largest absolute Gasteiger partial charge is 0.388 e. The Hall–Kier alpha value is -0.820. The summed E-state index contributed by atoms with van der Waals surface area (Å²) in [5.41, 5.74) is 7.85. The van der Waals surface area contributed by atoms with Gasteiger partial charge in [0.15, 0.2) is 0 Å². The monoisotopic (exact) mass is 218 g/mol. The lowest BCUT2D eigenvalue weighted by Gasteiger charge is -2.22. The van der Waals surface area contributed by atoms with Crippen molar-refractivity contribution in [2.24, 2.45) is 5.92 Å². The highest BCUT2D eigenvalue weighted by molar-refractivity contribution is 5.50. The van der Waals surface area contributed by atoms with Gasteiger partial charge in [-0.1, -0.05) is 0 Å². The predicted molar refractivity (Wildman–Crippen MR) is 67.8 cm³/mol. The van der Waals surface area contributed by atoms with Crippen LogP contribution in [0, 0.1) is 40.5 Å². The zero-order valence-electron chi connectivity index (χ0n) is 11.0. The zero-order chi connectivity index (χ0) is 12.0. The summed E-state index contributed by atoms with van der Waals surface area (Å²) in [6.45, 7) is 10.8. The molecule has 0 bridgehead atoms. The third kappa shape index (κ3) is 1.67. The lowest BCUT2D eigenvalue weighted by molar-refractivity contribution is 0.152. The third-order valence-corrected chi connectivity index (χ3v) is 4.42. The smallest absolute Gasteiger partial charge is 0.0823 e. The van der Waals surface area contributed by atoms with E-state index in [-0.39, 0.29) is 6.10 Å². The summed E-state index contributed by atoms with van der Waals surface area (Å²) in [6.07, 6.45) is 2.14. The van der Waals surface area contributed by atoms with Crippen LogP contribution in [0.15, 0.2) is 0 Å². The summed E-state index contributed by atoms with van der Waals surface area (Å²) in [4.78, 5) is 0. The minimum absolute atomic E-state index is 0.238. The summed E-state index contributed by atoms with van der Waals surface area (Å²) in [6, 6.07) is 0. The van der Waals surface area contributed by atoms with Crippen LogP contribution in [0.1, 0.15) is 52.3 Å². The van der Waals surface area contributed by atoms with Gasteiger partial charge < -0.3 is 5.11 Å². The van der Waals surface area contributed by atoms with E-state index in [2.05, 4.69) is 34.6 Å². The molecule has 1 saturated carbocycles. The number of aliphatic hydroxyl groups excluding tert-OH is 1. The molecule has 0 aromatic heterocycles. The Balaban J connectivity index is 2.59. The number of benzene rings is 1. The van der Waals surface area contributed by atoms with Crippen LogP contribution in [0.25, 0.3) is 0 Å². The van der Waals surface area contributed by atoms with Gasteiger partial charge in [0.05, 0.1) is 6.10 Å². The zero-order valence-corrected chi connectivity index (χ0v) is 11.0. The number of hydrogen-bond acceptors (Lipinski definition) is 1. The van der Waals surface area contributed by atoms with Crippen molar-refractivity contribution < 1.29 is 5.11 Å². The Morgan fingerprint density at radius 1 is 0.812 bits per heavy atom. The maximum atomic E-state index is 10.4. The molecule has 16 heavy (non-hydrogen) atoms. The molecule has 1 heteroatoms. The summed E-state index contributed by atoms with van der Waals surface area (Å²) in [7, 11) is 0. The standard InChI is InChI=1S/C15H22O/c1-8-9(2)11(4)14(12(5)10(8)3)15(16)13-6-7-13/h13,15-16H,6-7H2,1-5H3. The first-order valence-electron chi connectivity index (χ1n) is 6.20. The molecule has 88 valence electrons. The Morgan fingerprint density at radius 2 is 1.19 bits per heavy atom. The molecule has 0 aliphatic heterocycles. The molecule has 0 heterocycles. The second-order valence-corrected chi connectivity index (χ2v) is 5.32. The average molecular weight is 218 g/mol. The molecular formula is C15H22O. The van der Waals surface area contributed by atoms with Crippen LogP contribution in [-0.4, -0.2) is 5.11 Å². The Bertz CT molecular complexity index is 399. The van der Waals surface area contributed by atoms with Gasteiger partial charge in [0.2, 0.25) is 0 Å². The van der Waals surface area contributed by atoms with Crippen molar-refractivity contribution in [3.05, 3.63) is 33.4 Å². The van der Waals surface area contributed by atoms with Gasteiger partial charge in [-0.15, -0.1) is 0 Å². The first-order chi connectivity index (χ1) is 7.45. The molecule has 0 saturated heterocycles. The van der Waals surface area contributed by atoms with Gasteiger partial charge in [-0.2, -0.15) is 0 Å². The fourth-order valence-corrected chi connectivity index (χ4v) is 2.62. The van der Waals surface area contributed by atoms with Crippen LogP contribution in [0.3, 0.4) is 0 Å². The van der Waals surface area contributed by atoms with Crippen molar-refractivity contribution in [1.82, 2.24) is 0 Å². The molecule has 1 fully saturated rings. The molecule has 1 unspecified atom stereocenters. The summed E-state index contributed by atoms with van der Waals surface area (Å²) < 4.78 is 0. The van der Waals surface area contributed by atoms with E-state index in [0.29, 0.717) is 5.92 Å². The lowest BCUT2D eigenvalue weighted by atomic mass is 9.86. The minimum Gasteiger partial charge on any atom is -0.388 e. The van der Waals surface area contributed by atoms with E-state index in [1.807, 2.05) is 0 Å². The molecule has 1 aliphatic carbocycles. The average Bonchev–Trinajstić information content (AvgIpc) is 3.07. The van der Waals surface area contributed by atoms with Gasteiger partial charge >= 0.3 is 0 Å². The Labute approximate surface area is 98.5 Å². The molecule has 1 aromatic carbocycles. The number of hydrogen-bond donors (Lipinski definition) is 1. The van der Waals surface area contributed by atoms with Gasteiger partial charge in [-0.3, -0.25) is 0 Å². The molecule has 1 N–H and O–H groups in total. The molecule has 0 spiro atoms. The number of rotatable bonds is 2. The van der Waals surface area contributed by atoms with Crippen molar-refractivity contribution in [2.75, 3.05) is 0 Å². The van der Waals surface area contributed by atoms with Crippen LogP contribution in [0.2, 0.25) is 0 Å². The minimum atomic E-state index is -0.238. The van der Waals surface area contributed by atoms with E-state index < -0.39 is 0 Å². The summed E-state index contributed by atoms with van der Waals surface area (Å²) in [5.74, 6) is 0.513. The first kappa shape index (κ1) is 11.7. The molecule has 2 rings (SSSR count). The maximum absolute atomic E-state index is 10.4. The second kappa shape index (κ2) is 3.89. The van der Waals surface area contributed by atoms with Crippen LogP contribution >= 0.6 is 0 Å². The van der Waals surface area contributed by atoms with E-state index >= 15 is 0 Å². The topological polar surface area (TPSA) is 20.2 Å².